The number of guanidine groups is 1. The summed E-state index contributed by atoms with van der Waals surface area (Å²) < 4.78 is 15.6. The zero-order chi connectivity index (χ0) is 64.0. The average molecular weight is 1200 g/mol. The number of aliphatic carboxylic acids is 2. The van der Waals surface area contributed by atoms with Crippen molar-refractivity contribution in [1.82, 2.24) is 15.6 Å². The van der Waals surface area contributed by atoms with Crippen molar-refractivity contribution in [1.29, 1.82) is 0 Å². The second-order valence-electron chi connectivity index (χ2n) is 22.1. The van der Waals surface area contributed by atoms with Gasteiger partial charge < -0.3 is 57.2 Å². The van der Waals surface area contributed by atoms with Gasteiger partial charge in [0.1, 0.15) is 17.7 Å². The Morgan fingerprint density at radius 1 is 0.793 bits per heavy atom. The van der Waals surface area contributed by atoms with Crippen LogP contribution in [0.1, 0.15) is 121 Å². The number of amides is 2. The van der Waals surface area contributed by atoms with Gasteiger partial charge in [0.05, 0.1) is 79.9 Å². The molecular weight excluding hydrogens is 1120 g/mol. The molecule has 87 heavy (non-hydrogen) atoms. The molecule has 24 heteroatoms. The van der Waals surface area contributed by atoms with Crippen molar-refractivity contribution < 1.29 is 67.6 Å². The summed E-state index contributed by atoms with van der Waals surface area (Å²) in [6, 6.07) is -1.40. The predicted octanol–water partition coefficient (Wildman–Crippen LogP) is 5.25. The first-order chi connectivity index (χ1) is 41.3. The van der Waals surface area contributed by atoms with Gasteiger partial charge in [-0.15, -0.1) is 0 Å². The van der Waals surface area contributed by atoms with Crippen molar-refractivity contribution in [2.75, 3.05) is 41.0 Å². The highest BCUT2D eigenvalue weighted by molar-refractivity contribution is 6.17. The van der Waals surface area contributed by atoms with Gasteiger partial charge >= 0.3 is 29.8 Å². The van der Waals surface area contributed by atoms with E-state index < -0.39 is 96.0 Å². The van der Waals surface area contributed by atoms with E-state index >= 15 is 0 Å². The Morgan fingerprint density at radius 3 is 2.14 bits per heavy atom. The molecule has 1 unspecified atom stereocenters. The highest BCUT2D eigenvalue weighted by atomic mass is 16.5. The van der Waals surface area contributed by atoms with E-state index in [0.717, 1.165) is 44.6 Å². The molecule has 5 atom stereocenters. The van der Waals surface area contributed by atoms with Gasteiger partial charge in [-0.05, 0) is 148 Å². The minimum absolute atomic E-state index is 0.0374. The highest BCUT2D eigenvalue weighted by Gasteiger charge is 2.55. The number of carbonyl (C=O) groups is 9. The number of nitrogens with two attached hydrogens (primary N) is 3. The number of amidine groups is 1. The van der Waals surface area contributed by atoms with E-state index in [1.165, 1.54) is 21.3 Å². The summed E-state index contributed by atoms with van der Waals surface area (Å²) in [5, 5.41) is 24.3. The smallest absolute Gasteiger partial charge is 0.334 e. The van der Waals surface area contributed by atoms with Crippen LogP contribution in [0, 0.1) is 30.1 Å². The normalized spacial score (nSPS) is 18.8. The molecule has 0 radical (unpaired) electrons. The van der Waals surface area contributed by atoms with Crippen LogP contribution in [0.5, 0.6) is 0 Å². The lowest BCUT2D eigenvalue weighted by atomic mass is 9.63. The molecule has 3 aliphatic heterocycles. The van der Waals surface area contributed by atoms with Crippen molar-refractivity contribution in [2.45, 2.75) is 118 Å². The van der Waals surface area contributed by atoms with Crippen molar-refractivity contribution in [3.63, 3.8) is 0 Å². The zero-order valence-corrected chi connectivity index (χ0v) is 50.5. The molecule has 0 spiro atoms. The molecule has 464 valence electrons. The molecule has 11 N–H and O–H groups in total. The second kappa shape index (κ2) is 29.6. The molecule has 5 aliphatic rings. The standard InChI is InChI=1S/C63H78N10O14/c1-10-42-33(3)49-30-52-46-19-17-45(60(83)86-8)56(61(84)87-9)63(46,6)53(72-52)27-37-23-38(43(32(37)2)18-20-55(78)85-7)26-50-44(34(4)48(70-50)29-51(42)71-49)16-15-40(74)24-36(13-11-22-68-62(65)66)57(79)69-31-41(75)25-39(28-54(76)77)58(80)73-47(59(81)82)14-12-21-67-35(5)64/h10,17,19,26-27,29-30,36,39,47,56,70H,1,11-16,18,20-25,28,31H2,2-9H3,(H2,64,67)(H,69,79)(H,73,80)(H,76,77)(H,81,82)(H4,65,66,68)/t36-,39+,47+,56?,63-/m1/s1. The van der Waals surface area contributed by atoms with Gasteiger partial charge in [0.2, 0.25) is 11.8 Å². The molecule has 2 amide bonds. The van der Waals surface area contributed by atoms with E-state index in [1.807, 2.05) is 52.0 Å². The van der Waals surface area contributed by atoms with Gasteiger partial charge in [-0.1, -0.05) is 24.8 Å². The number of H-pyrrole nitrogens is 1. The minimum Gasteiger partial charge on any atom is -0.481 e. The van der Waals surface area contributed by atoms with E-state index in [1.54, 1.807) is 25.2 Å². The van der Waals surface area contributed by atoms with E-state index in [0.29, 0.717) is 58.5 Å². The molecule has 0 fully saturated rings. The summed E-state index contributed by atoms with van der Waals surface area (Å²) in [6.07, 6.45) is 12.5. The lowest BCUT2D eigenvalue weighted by molar-refractivity contribution is -0.149. The molecule has 1 aromatic rings. The van der Waals surface area contributed by atoms with Crippen LogP contribution in [0.4, 0.5) is 0 Å². The number of nitrogens with zero attached hydrogens (tertiary/aromatic N) is 4. The Morgan fingerprint density at radius 2 is 1.49 bits per heavy atom. The zero-order valence-electron chi connectivity index (χ0n) is 50.5. The molecule has 1 aromatic heterocycles. The molecule has 0 saturated heterocycles. The fraction of sp³-hybridized carbons (Fsp3) is 0.444. The first-order valence-electron chi connectivity index (χ1n) is 28.6. The quantitative estimate of drug-likeness (QED) is 0.0167. The minimum atomic E-state index is -1.47. The summed E-state index contributed by atoms with van der Waals surface area (Å²) in [5.41, 5.74) is 26.2. The number of methoxy groups -OCH3 is 3. The Labute approximate surface area is 504 Å². The van der Waals surface area contributed by atoms with E-state index in [-0.39, 0.29) is 81.8 Å². The summed E-state index contributed by atoms with van der Waals surface area (Å²) in [4.78, 5) is 141. The topological polar surface area (TPSA) is 389 Å². The summed E-state index contributed by atoms with van der Waals surface area (Å²) in [7, 11) is 3.82. The number of allylic oxidation sites excluding steroid dienone is 11. The van der Waals surface area contributed by atoms with Gasteiger partial charge in [-0.2, -0.15) is 0 Å². The summed E-state index contributed by atoms with van der Waals surface area (Å²) in [6.45, 7) is 13.0. The number of ketones is 2. The first-order valence-corrected chi connectivity index (χ1v) is 28.6. The Kier molecular flexibility index (Phi) is 22.8. The van der Waals surface area contributed by atoms with Crippen LogP contribution in [0.2, 0.25) is 0 Å². The maximum atomic E-state index is 14.3. The largest absolute Gasteiger partial charge is 0.481 e. The van der Waals surface area contributed by atoms with Crippen molar-refractivity contribution in [2.24, 2.45) is 60.3 Å². The number of aromatic amines is 1. The molecular formula is C63H78N10O14. The van der Waals surface area contributed by atoms with Crippen LogP contribution < -0.4 is 27.8 Å². The number of carbonyl (C=O) groups excluding carboxylic acids is 7. The third-order valence-electron chi connectivity index (χ3n) is 16.3. The predicted molar refractivity (Wildman–Crippen MR) is 326 cm³/mol. The fourth-order valence-electron chi connectivity index (χ4n) is 11.5. The van der Waals surface area contributed by atoms with Crippen molar-refractivity contribution in [3.8, 4) is 0 Å². The summed E-state index contributed by atoms with van der Waals surface area (Å²) in [5.74, 6) is -10.7. The van der Waals surface area contributed by atoms with Crippen molar-refractivity contribution >= 4 is 88.6 Å². The molecule has 4 heterocycles. The summed E-state index contributed by atoms with van der Waals surface area (Å²) >= 11 is 0. The van der Waals surface area contributed by atoms with E-state index in [2.05, 4.69) is 32.2 Å². The SMILES string of the molecule is C=CC1=C(C)C2=NC1=Cc1[nH]c(c(CCC(=O)C[C@@H](CCCN=C(N)N)C(=O)NCC(=O)C[C@@H](CC(=O)O)C(=O)N[C@@H](CCCN=C(C)N)C(=O)O)c1C)C=C1CC(=CC3=NC(=C2)C2=CC=C(C(=O)OC)C(C(=O)OC)[C@]23C)C(C)=C1CCC(=O)OC. The molecule has 0 saturated carbocycles. The number of hydrogen-bond donors (Lipinski definition) is 8. The highest BCUT2D eigenvalue weighted by Crippen LogP contribution is 2.54. The Hall–Kier alpha value is -9.35. The maximum Gasteiger partial charge on any atom is 0.334 e. The lowest BCUT2D eigenvalue weighted by Crippen LogP contribution is -2.45. The van der Waals surface area contributed by atoms with Crippen LogP contribution in [-0.4, -0.2) is 139 Å². The molecule has 8 bridgehead atoms. The van der Waals surface area contributed by atoms with Crippen LogP contribution in [0.15, 0.2) is 113 Å². The van der Waals surface area contributed by atoms with Gasteiger partial charge in [0, 0.05) is 61.7 Å². The number of Topliss-reactive ketones (excluding diaryl/α,β-unsaturated/α-hetero) is 2. The van der Waals surface area contributed by atoms with Gasteiger partial charge in [0.25, 0.3) is 0 Å². The number of carboxylic acids is 2. The van der Waals surface area contributed by atoms with Crippen LogP contribution >= 0.6 is 0 Å². The number of rotatable bonds is 29. The number of esters is 3. The molecule has 24 nitrogen and oxygen atoms in total. The molecule has 0 aromatic carbocycles. The number of hydrogen-bond acceptors (Lipinski definition) is 16. The monoisotopic (exact) mass is 1200 g/mol. The Balaban J connectivity index is 1.33. The number of nitrogens with one attached hydrogen (secondary N) is 3. The van der Waals surface area contributed by atoms with Crippen LogP contribution in [0.3, 0.4) is 0 Å². The number of ether oxygens (including phenoxy) is 3. The number of aromatic nitrogens is 1. The third kappa shape index (κ3) is 16.1. The average Bonchev–Trinajstić information content (AvgIpc) is 1.68. The first kappa shape index (κ1) is 66.8. The number of carboxylic acid groups (broad SMARTS) is 2. The second-order valence-corrected chi connectivity index (χ2v) is 22.1. The number of aliphatic imine (C=N–C) groups is 4. The maximum absolute atomic E-state index is 14.3. The molecule has 6 rings (SSSR count). The Bertz CT molecular complexity index is 3420. The fourth-order valence-corrected chi connectivity index (χ4v) is 11.5. The molecule has 2 aliphatic carbocycles. The van der Waals surface area contributed by atoms with Crippen LogP contribution in [0.25, 0.3) is 12.2 Å². The lowest BCUT2D eigenvalue weighted by Gasteiger charge is -2.37. The number of fused-ring (bicyclic) bond motifs is 9. The van der Waals surface area contributed by atoms with E-state index in [4.69, 9.17) is 41.4 Å². The van der Waals surface area contributed by atoms with Gasteiger partial charge in [-0.3, -0.25) is 48.5 Å². The van der Waals surface area contributed by atoms with Gasteiger partial charge in [0.15, 0.2) is 11.7 Å². The third-order valence-corrected chi connectivity index (χ3v) is 16.3. The van der Waals surface area contributed by atoms with Crippen LogP contribution in [-0.2, 0) is 63.8 Å². The van der Waals surface area contributed by atoms with Crippen molar-refractivity contribution in [3.05, 3.63) is 115 Å². The van der Waals surface area contributed by atoms with E-state index in [9.17, 15) is 53.4 Å². The van der Waals surface area contributed by atoms with Gasteiger partial charge in [-0.25, -0.2) is 14.6 Å².